The van der Waals surface area contributed by atoms with Gasteiger partial charge in [-0.1, -0.05) is 0 Å². The number of carboxylic acid groups (broad SMARTS) is 2. The van der Waals surface area contributed by atoms with Crippen molar-refractivity contribution in [3.63, 3.8) is 0 Å². The molecule has 0 aromatic carbocycles. The molecule has 0 saturated carbocycles. The zero-order valence-electron chi connectivity index (χ0n) is 15.3. The Morgan fingerprint density at radius 3 is 2.04 bits per heavy atom. The molecule has 0 rings (SSSR count). The Balaban J connectivity index is 5.18. The van der Waals surface area contributed by atoms with Gasteiger partial charge in [-0.25, -0.2) is 0 Å². The molecule has 28 heavy (non-hydrogen) atoms. The number of nitrogens with one attached hydrogen (secondary N) is 3. The van der Waals surface area contributed by atoms with Crippen LogP contribution in [0.2, 0.25) is 0 Å². The van der Waals surface area contributed by atoms with E-state index in [-0.39, 0.29) is 18.6 Å². The maximum Gasteiger partial charge on any atom is 0.322 e. The minimum absolute atomic E-state index is 0.0209. The molecule has 0 spiro atoms. The van der Waals surface area contributed by atoms with Crippen LogP contribution in [-0.4, -0.2) is 82.3 Å². The topological polar surface area (TPSA) is 188 Å². The van der Waals surface area contributed by atoms with E-state index in [1.807, 2.05) is 0 Å². The third-order valence-electron chi connectivity index (χ3n) is 3.47. The zero-order valence-corrected chi connectivity index (χ0v) is 17.1. The van der Waals surface area contributed by atoms with Crippen LogP contribution >= 0.6 is 24.4 Å². The first kappa shape index (κ1) is 26.0. The Morgan fingerprint density at radius 2 is 1.54 bits per heavy atom. The fourth-order valence-electron chi connectivity index (χ4n) is 1.96. The predicted octanol–water partition coefficient (Wildman–Crippen LogP) is -1.97. The fraction of sp³-hybridized carbons (Fsp3) is 0.667. The van der Waals surface area contributed by atoms with Gasteiger partial charge in [0.2, 0.25) is 17.7 Å². The molecule has 7 N–H and O–H groups in total. The van der Waals surface area contributed by atoms with Crippen molar-refractivity contribution in [1.29, 1.82) is 0 Å². The van der Waals surface area contributed by atoms with Gasteiger partial charge in [-0.2, -0.15) is 24.4 Å². The number of carbonyl (C=O) groups excluding carboxylic acids is 3. The molecule has 3 atom stereocenters. The van der Waals surface area contributed by atoms with E-state index in [2.05, 4.69) is 28.6 Å². The molecule has 0 aliphatic carbocycles. The quantitative estimate of drug-likeness (QED) is 0.151. The van der Waals surface area contributed by atoms with Gasteiger partial charge < -0.3 is 31.9 Å². The van der Waals surface area contributed by atoms with Crippen LogP contribution in [0.3, 0.4) is 0 Å². The Morgan fingerprint density at radius 1 is 0.964 bits per heavy atom. The van der Waals surface area contributed by atoms with Gasteiger partial charge in [0.05, 0.1) is 6.04 Å². The maximum absolute atomic E-state index is 12.5. The number of thioether (sulfide) groups is 1. The Kier molecular flexibility index (Phi) is 13.1. The Labute approximate surface area is 172 Å². The minimum atomic E-state index is -1.24. The minimum Gasteiger partial charge on any atom is -0.481 e. The van der Waals surface area contributed by atoms with Crippen LogP contribution < -0.4 is 21.7 Å². The first-order chi connectivity index (χ1) is 13.1. The van der Waals surface area contributed by atoms with Crippen molar-refractivity contribution in [2.45, 2.75) is 37.4 Å². The average Bonchev–Trinajstić information content (AvgIpc) is 2.64. The summed E-state index contributed by atoms with van der Waals surface area (Å²) in [5.41, 5.74) is 5.55. The molecule has 0 heterocycles. The second-order valence-corrected chi connectivity index (χ2v) is 7.09. The van der Waals surface area contributed by atoms with E-state index in [1.54, 1.807) is 6.26 Å². The number of hydrogen-bond acceptors (Lipinski definition) is 8. The fourth-order valence-corrected chi connectivity index (χ4v) is 2.60. The van der Waals surface area contributed by atoms with E-state index in [0.717, 1.165) is 0 Å². The normalized spacial score (nSPS) is 13.7. The van der Waals surface area contributed by atoms with Crippen molar-refractivity contribution < 1.29 is 34.2 Å². The second-order valence-electron chi connectivity index (χ2n) is 5.74. The predicted molar refractivity (Wildman–Crippen MR) is 106 cm³/mol. The summed E-state index contributed by atoms with van der Waals surface area (Å²) in [6.45, 7) is -0.611. The summed E-state index contributed by atoms with van der Waals surface area (Å²) in [4.78, 5) is 58.0. The second kappa shape index (κ2) is 14.1. The lowest BCUT2D eigenvalue weighted by molar-refractivity contribution is -0.138. The van der Waals surface area contributed by atoms with Gasteiger partial charge in [-0.15, -0.1) is 0 Å². The standard InChI is InChI=1S/C15H26N4O7S2/c1-28-5-4-10(14(25)17-6-12(22)23)19-15(26)9(2-3-11(20)21)18-13(24)8(16)7-27/h8-10,27H,2-7,16H2,1H3,(H,17,25)(H,18,24)(H,19,26)(H,20,21)(H,22,23). The van der Waals surface area contributed by atoms with Crippen LogP contribution in [0, 0.1) is 0 Å². The largest absolute Gasteiger partial charge is 0.481 e. The molecule has 0 bridgehead atoms. The third kappa shape index (κ3) is 11.0. The summed E-state index contributed by atoms with van der Waals surface area (Å²) >= 11 is 5.31. The van der Waals surface area contributed by atoms with E-state index in [9.17, 15) is 24.0 Å². The lowest BCUT2D eigenvalue weighted by Crippen LogP contribution is -2.56. The molecule has 0 aliphatic heterocycles. The molecule has 0 fully saturated rings. The number of rotatable bonds is 14. The molecular formula is C15H26N4O7S2. The molecule has 3 amide bonds. The van der Waals surface area contributed by atoms with Gasteiger partial charge in [0.1, 0.15) is 18.6 Å². The molecule has 0 aromatic rings. The molecule has 13 heteroatoms. The smallest absolute Gasteiger partial charge is 0.322 e. The van der Waals surface area contributed by atoms with Gasteiger partial charge in [-0.3, -0.25) is 24.0 Å². The molecule has 0 aliphatic rings. The van der Waals surface area contributed by atoms with Crippen LogP contribution in [0.1, 0.15) is 19.3 Å². The highest BCUT2D eigenvalue weighted by Gasteiger charge is 2.28. The monoisotopic (exact) mass is 438 g/mol. The maximum atomic E-state index is 12.5. The van der Waals surface area contributed by atoms with Crippen LogP contribution in [0.15, 0.2) is 0 Å². The summed E-state index contributed by atoms with van der Waals surface area (Å²) < 4.78 is 0. The summed E-state index contributed by atoms with van der Waals surface area (Å²) in [5.74, 6) is -4.02. The van der Waals surface area contributed by atoms with Crippen molar-refractivity contribution in [3.8, 4) is 0 Å². The molecule has 0 saturated heterocycles. The van der Waals surface area contributed by atoms with Crippen molar-refractivity contribution >= 4 is 54.1 Å². The molecule has 3 unspecified atom stereocenters. The van der Waals surface area contributed by atoms with Gasteiger partial charge >= 0.3 is 11.9 Å². The number of thiol groups is 1. The van der Waals surface area contributed by atoms with Gasteiger partial charge in [0.25, 0.3) is 0 Å². The van der Waals surface area contributed by atoms with E-state index < -0.39 is 60.8 Å². The number of aliphatic carboxylic acids is 2. The zero-order chi connectivity index (χ0) is 21.7. The Hall–Kier alpha value is -1.99. The van der Waals surface area contributed by atoms with Crippen molar-refractivity contribution in [2.24, 2.45) is 5.73 Å². The summed E-state index contributed by atoms with van der Waals surface area (Å²) in [6, 6.07) is -3.25. The number of carbonyl (C=O) groups is 5. The number of hydrogen-bond donors (Lipinski definition) is 7. The van der Waals surface area contributed by atoms with E-state index in [1.165, 1.54) is 11.8 Å². The highest BCUT2D eigenvalue weighted by atomic mass is 32.2. The molecule has 0 radical (unpaired) electrons. The number of nitrogens with two attached hydrogens (primary N) is 1. The first-order valence-electron chi connectivity index (χ1n) is 8.29. The van der Waals surface area contributed by atoms with E-state index in [0.29, 0.717) is 5.75 Å². The molecular weight excluding hydrogens is 412 g/mol. The molecule has 0 aromatic heterocycles. The Bertz CT molecular complexity index is 577. The van der Waals surface area contributed by atoms with Crippen LogP contribution in [-0.2, 0) is 24.0 Å². The van der Waals surface area contributed by atoms with Crippen molar-refractivity contribution in [3.05, 3.63) is 0 Å². The van der Waals surface area contributed by atoms with Crippen LogP contribution in [0.4, 0.5) is 0 Å². The summed E-state index contributed by atoms with van der Waals surface area (Å²) in [7, 11) is 0. The van der Waals surface area contributed by atoms with Gasteiger partial charge in [-0.05, 0) is 24.9 Å². The lowest BCUT2D eigenvalue weighted by Gasteiger charge is -2.23. The lowest BCUT2D eigenvalue weighted by atomic mass is 10.1. The number of amides is 3. The summed E-state index contributed by atoms with van der Waals surface area (Å²) in [6.07, 6.45) is 1.41. The van der Waals surface area contributed by atoms with Crippen LogP contribution in [0.25, 0.3) is 0 Å². The van der Waals surface area contributed by atoms with Crippen LogP contribution in [0.5, 0.6) is 0 Å². The van der Waals surface area contributed by atoms with Crippen molar-refractivity contribution in [2.75, 3.05) is 24.3 Å². The SMILES string of the molecule is CSCCC(NC(=O)C(CCC(=O)O)NC(=O)C(N)CS)C(=O)NCC(=O)O. The molecule has 11 nitrogen and oxygen atoms in total. The van der Waals surface area contributed by atoms with Gasteiger partial charge in [0.15, 0.2) is 0 Å². The van der Waals surface area contributed by atoms with E-state index >= 15 is 0 Å². The highest BCUT2D eigenvalue weighted by Crippen LogP contribution is 2.05. The average molecular weight is 439 g/mol. The van der Waals surface area contributed by atoms with Gasteiger partial charge in [0, 0.05) is 12.2 Å². The third-order valence-corrected chi connectivity index (χ3v) is 4.51. The number of carboxylic acids is 2. The first-order valence-corrected chi connectivity index (χ1v) is 10.3. The molecule has 160 valence electrons. The van der Waals surface area contributed by atoms with Crippen molar-refractivity contribution in [1.82, 2.24) is 16.0 Å². The summed E-state index contributed by atoms with van der Waals surface area (Å²) in [5, 5.41) is 24.5. The van der Waals surface area contributed by atoms with E-state index in [4.69, 9.17) is 15.9 Å². The highest BCUT2D eigenvalue weighted by molar-refractivity contribution is 7.98.